The van der Waals surface area contributed by atoms with Gasteiger partial charge in [-0.05, 0) is 31.6 Å². The highest BCUT2D eigenvalue weighted by Gasteiger charge is 2.68. The number of rotatable bonds is 2. The number of hydrogen-bond donors (Lipinski definition) is 6. The lowest BCUT2D eigenvalue weighted by Gasteiger charge is -2.53. The van der Waals surface area contributed by atoms with Gasteiger partial charge in [0.2, 0.25) is 5.78 Å². The number of aliphatic hydroxyl groups excluding tert-OH is 3. The predicted octanol–water partition coefficient (Wildman–Crippen LogP) is 0.0951. The van der Waals surface area contributed by atoms with Gasteiger partial charge >= 0.3 is 5.97 Å². The third-order valence-corrected chi connectivity index (χ3v) is 6.96. The van der Waals surface area contributed by atoms with E-state index in [2.05, 4.69) is 0 Å². The molecule has 0 aliphatic heterocycles. The number of phenols is 1. The number of hydrogen-bond acceptors (Lipinski definition) is 9. The molecule has 0 aromatic heterocycles. The van der Waals surface area contributed by atoms with Crippen molar-refractivity contribution in [2.24, 2.45) is 11.8 Å². The van der Waals surface area contributed by atoms with Crippen LogP contribution in [0.1, 0.15) is 24.0 Å². The molecule has 3 aliphatic rings. The number of phenolic OH excluding ortho intramolecular Hbond substituents is 1. The first-order valence-corrected chi connectivity index (χ1v) is 9.95. The first kappa shape index (κ1) is 22.0. The number of carboxylic acids is 1. The van der Waals surface area contributed by atoms with Crippen LogP contribution in [-0.2, 0) is 14.4 Å². The smallest absolute Gasteiger partial charge is 0.342 e. The van der Waals surface area contributed by atoms with E-state index >= 15 is 0 Å². The Morgan fingerprint density at radius 1 is 1.12 bits per heavy atom. The zero-order chi connectivity index (χ0) is 23.9. The molecule has 1 aromatic rings. The van der Waals surface area contributed by atoms with Crippen molar-refractivity contribution in [3.8, 4) is 5.75 Å². The highest BCUT2D eigenvalue weighted by atomic mass is 16.4. The molecule has 6 N–H and O–H groups in total. The fourth-order valence-electron chi connectivity index (χ4n) is 5.54. The van der Waals surface area contributed by atoms with Crippen LogP contribution in [0.4, 0.5) is 0 Å². The Bertz CT molecular complexity index is 1130. The number of carbonyl (C=O) groups is 3. The van der Waals surface area contributed by atoms with E-state index in [1.807, 2.05) is 0 Å². The van der Waals surface area contributed by atoms with Crippen LogP contribution in [0.3, 0.4) is 0 Å². The fourth-order valence-corrected chi connectivity index (χ4v) is 5.54. The second kappa shape index (κ2) is 6.89. The number of ketones is 2. The molecule has 1 fully saturated rings. The molecule has 0 bridgehead atoms. The van der Waals surface area contributed by atoms with Gasteiger partial charge in [-0.15, -0.1) is 0 Å². The maximum Gasteiger partial charge on any atom is 0.342 e. The monoisotopic (exact) mass is 445 g/mol. The maximum atomic E-state index is 13.6. The minimum absolute atomic E-state index is 0.0492. The molecule has 0 unspecified atom stereocenters. The number of carboxylic acid groups (broad SMARTS) is 1. The highest BCUT2D eigenvalue weighted by molar-refractivity contribution is 6.23. The first-order valence-electron chi connectivity index (χ1n) is 9.95. The lowest BCUT2D eigenvalue weighted by atomic mass is 9.54. The number of fused-ring (bicyclic) bond motifs is 3. The molecular formula is C22H23NO9. The van der Waals surface area contributed by atoms with Crippen molar-refractivity contribution in [1.82, 2.24) is 4.90 Å². The van der Waals surface area contributed by atoms with E-state index in [1.165, 1.54) is 31.1 Å². The molecular weight excluding hydrogens is 422 g/mol. The summed E-state index contributed by atoms with van der Waals surface area (Å²) in [4.78, 5) is 39.6. The van der Waals surface area contributed by atoms with Gasteiger partial charge in [-0.2, -0.15) is 0 Å². The summed E-state index contributed by atoms with van der Waals surface area (Å²) >= 11 is 0. The van der Waals surface area contributed by atoms with Crippen LogP contribution >= 0.6 is 0 Å². The summed E-state index contributed by atoms with van der Waals surface area (Å²) in [6.45, 7) is 1.66. The van der Waals surface area contributed by atoms with Crippen LogP contribution in [-0.4, -0.2) is 84.9 Å². The standard InChI is InChI=1S/C22H23NO9/c1-7-8-5-4-6-9(24)11(8)16(25)12-10(7)17(26)14-15(23(2)3)18(27)13(21(30)31)20(29)22(14,32)19(12)28/h4-7,10,14-15,17,24-26,29,32H,1-3H3,(H,30,31)/t7-,10+,14+,15-,17-,22-/m1/s1. The predicted molar refractivity (Wildman–Crippen MR) is 109 cm³/mol. The van der Waals surface area contributed by atoms with Crippen LogP contribution in [0.15, 0.2) is 35.1 Å². The van der Waals surface area contributed by atoms with Crippen molar-refractivity contribution in [1.29, 1.82) is 0 Å². The van der Waals surface area contributed by atoms with Crippen LogP contribution in [0.2, 0.25) is 0 Å². The van der Waals surface area contributed by atoms with Crippen molar-refractivity contribution >= 4 is 23.3 Å². The van der Waals surface area contributed by atoms with Crippen molar-refractivity contribution in [3.63, 3.8) is 0 Å². The van der Waals surface area contributed by atoms with E-state index in [9.17, 15) is 45.0 Å². The Morgan fingerprint density at radius 2 is 1.75 bits per heavy atom. The Morgan fingerprint density at radius 3 is 2.31 bits per heavy atom. The van der Waals surface area contributed by atoms with Gasteiger partial charge in [-0.1, -0.05) is 19.1 Å². The van der Waals surface area contributed by atoms with Gasteiger partial charge in [0.25, 0.3) is 0 Å². The Kier molecular flexibility index (Phi) is 4.74. The van der Waals surface area contributed by atoms with Gasteiger partial charge < -0.3 is 30.6 Å². The molecule has 0 spiro atoms. The number of carbonyl (C=O) groups excluding carboxylic acids is 2. The summed E-state index contributed by atoms with van der Waals surface area (Å²) in [5, 5.41) is 64.2. The zero-order valence-corrected chi connectivity index (χ0v) is 17.5. The molecule has 4 rings (SSSR count). The summed E-state index contributed by atoms with van der Waals surface area (Å²) in [6, 6.07) is 3.00. The summed E-state index contributed by atoms with van der Waals surface area (Å²) in [5.41, 5.74) is -4.18. The summed E-state index contributed by atoms with van der Waals surface area (Å²) in [5.74, 6) is -9.83. The molecule has 1 saturated carbocycles. The Balaban J connectivity index is 2.07. The third kappa shape index (κ3) is 2.48. The second-order valence-electron chi connectivity index (χ2n) is 8.73. The minimum Gasteiger partial charge on any atom is -0.508 e. The van der Waals surface area contributed by atoms with Gasteiger partial charge in [0.1, 0.15) is 17.1 Å². The number of nitrogens with zero attached hydrogens (tertiary/aromatic N) is 1. The van der Waals surface area contributed by atoms with Crippen LogP contribution in [0, 0.1) is 11.8 Å². The number of aromatic hydroxyl groups is 1. The molecule has 170 valence electrons. The second-order valence-corrected chi connectivity index (χ2v) is 8.73. The number of benzene rings is 1. The van der Waals surface area contributed by atoms with E-state index in [-0.39, 0.29) is 11.3 Å². The highest BCUT2D eigenvalue weighted by Crippen LogP contribution is 2.55. The van der Waals surface area contributed by atoms with Crippen molar-refractivity contribution in [2.75, 3.05) is 14.1 Å². The lowest BCUT2D eigenvalue weighted by molar-refractivity contribution is -0.170. The van der Waals surface area contributed by atoms with Crippen molar-refractivity contribution in [3.05, 3.63) is 46.2 Å². The summed E-state index contributed by atoms with van der Waals surface area (Å²) < 4.78 is 0. The average Bonchev–Trinajstić information content (AvgIpc) is 2.70. The molecule has 0 heterocycles. The number of likely N-dealkylation sites (N-methyl/N-ethyl adjacent to an activating group) is 1. The first-order chi connectivity index (χ1) is 14.9. The lowest BCUT2D eigenvalue weighted by Crippen LogP contribution is -2.70. The van der Waals surface area contributed by atoms with Crippen LogP contribution in [0.5, 0.6) is 5.75 Å². The molecule has 3 aliphatic carbocycles. The van der Waals surface area contributed by atoms with Gasteiger partial charge in [0.05, 0.1) is 23.6 Å². The molecule has 1 aromatic carbocycles. The summed E-state index contributed by atoms with van der Waals surface area (Å²) in [6.07, 6.45) is -1.63. The molecule has 0 saturated heterocycles. The quantitative estimate of drug-likeness (QED) is 0.342. The molecule has 6 atom stereocenters. The SMILES string of the molecule is C[C@@H]1c2cccc(O)c2C(O)=C2C(=O)[C@@]3(O)C(O)=C(C(=O)O)C(=O)[C@H](N(C)C)[C@H]3[C@H](O)[C@H]21. The molecule has 0 amide bonds. The number of aliphatic carboxylic acids is 1. The van der Waals surface area contributed by atoms with Crippen molar-refractivity contribution < 1.29 is 45.0 Å². The normalized spacial score (nSPS) is 34.4. The molecule has 10 nitrogen and oxygen atoms in total. The van der Waals surface area contributed by atoms with E-state index in [4.69, 9.17) is 0 Å². The van der Waals surface area contributed by atoms with Gasteiger partial charge in [-0.3, -0.25) is 14.5 Å². The van der Waals surface area contributed by atoms with Gasteiger partial charge in [0.15, 0.2) is 17.1 Å². The maximum absolute atomic E-state index is 13.6. The third-order valence-electron chi connectivity index (χ3n) is 6.96. The zero-order valence-electron chi connectivity index (χ0n) is 17.5. The Labute approximate surface area is 182 Å². The molecule has 32 heavy (non-hydrogen) atoms. The molecule has 0 radical (unpaired) electrons. The van der Waals surface area contributed by atoms with Crippen molar-refractivity contribution in [2.45, 2.75) is 30.6 Å². The van der Waals surface area contributed by atoms with E-state index < -0.39 is 75.7 Å². The number of Topliss-reactive ketones (excluding diaryl/α,β-unsaturated/α-hetero) is 2. The fraction of sp³-hybridized carbons (Fsp3) is 0.409. The van der Waals surface area contributed by atoms with E-state index in [1.54, 1.807) is 13.0 Å². The topological polar surface area (TPSA) is 176 Å². The largest absolute Gasteiger partial charge is 0.508 e. The van der Waals surface area contributed by atoms with Crippen LogP contribution in [0.25, 0.3) is 5.76 Å². The van der Waals surface area contributed by atoms with E-state index in [0.717, 1.165) is 0 Å². The van der Waals surface area contributed by atoms with Gasteiger partial charge in [0, 0.05) is 11.5 Å². The van der Waals surface area contributed by atoms with Gasteiger partial charge in [-0.25, -0.2) is 4.79 Å². The number of aliphatic hydroxyl groups is 4. The summed E-state index contributed by atoms with van der Waals surface area (Å²) in [7, 11) is 2.84. The van der Waals surface area contributed by atoms with Crippen LogP contribution < -0.4 is 0 Å². The Hall–Kier alpha value is -3.21. The minimum atomic E-state index is -2.97. The molecule has 10 heteroatoms. The average molecular weight is 445 g/mol. The van der Waals surface area contributed by atoms with E-state index in [0.29, 0.717) is 5.56 Å².